The van der Waals surface area contributed by atoms with E-state index in [1.807, 2.05) is 6.07 Å². The maximum atomic E-state index is 6.17. The molecule has 0 bridgehead atoms. The number of nitrogen functional groups attached to an aromatic ring is 1. The minimum atomic E-state index is 0.550. The van der Waals surface area contributed by atoms with E-state index >= 15 is 0 Å². The van der Waals surface area contributed by atoms with E-state index in [0.717, 1.165) is 36.4 Å². The minimum Gasteiger partial charge on any atom is -0.384 e. The summed E-state index contributed by atoms with van der Waals surface area (Å²) in [4.78, 5) is 9.39. The average Bonchev–Trinajstić information content (AvgIpc) is 2.81. The zero-order chi connectivity index (χ0) is 12.5. The average molecular weight is 267 g/mol. The zero-order valence-electron chi connectivity index (χ0n) is 10.5. The molecule has 2 aliphatic heterocycles. The molecular formula is C13H19ClN4. The largest absolute Gasteiger partial charge is 0.384 e. The third-order valence-electron chi connectivity index (χ3n) is 3.99. The molecule has 2 saturated heterocycles. The maximum absolute atomic E-state index is 6.17. The summed E-state index contributed by atoms with van der Waals surface area (Å²) in [6.07, 6.45) is 2.67. The Morgan fingerprint density at radius 3 is 3.11 bits per heavy atom. The Morgan fingerprint density at radius 2 is 2.22 bits per heavy atom. The van der Waals surface area contributed by atoms with Crippen LogP contribution < -0.4 is 5.73 Å². The molecule has 0 saturated carbocycles. The van der Waals surface area contributed by atoms with Gasteiger partial charge in [0, 0.05) is 32.2 Å². The number of fused-ring (bicyclic) bond motifs is 1. The Bertz CT molecular complexity index is 437. The number of nitrogens with two attached hydrogens (primary N) is 1. The Balaban J connectivity index is 1.67. The van der Waals surface area contributed by atoms with Crippen molar-refractivity contribution in [3.05, 3.63) is 22.8 Å². The maximum Gasteiger partial charge on any atom is 0.123 e. The Morgan fingerprint density at radius 1 is 1.33 bits per heavy atom. The summed E-state index contributed by atoms with van der Waals surface area (Å²) < 4.78 is 0. The highest BCUT2D eigenvalue weighted by Crippen LogP contribution is 2.24. The van der Waals surface area contributed by atoms with Crippen LogP contribution in [-0.2, 0) is 6.54 Å². The van der Waals surface area contributed by atoms with Gasteiger partial charge in [-0.2, -0.15) is 0 Å². The first-order valence-corrected chi connectivity index (χ1v) is 6.97. The minimum absolute atomic E-state index is 0.550. The zero-order valence-corrected chi connectivity index (χ0v) is 11.2. The van der Waals surface area contributed by atoms with Gasteiger partial charge in [-0.25, -0.2) is 4.98 Å². The number of halogens is 1. The Labute approximate surface area is 113 Å². The number of piperazine rings is 1. The van der Waals surface area contributed by atoms with Crippen LogP contribution in [-0.4, -0.2) is 47.0 Å². The summed E-state index contributed by atoms with van der Waals surface area (Å²) in [6, 6.07) is 4.32. The molecule has 5 heteroatoms. The van der Waals surface area contributed by atoms with Gasteiger partial charge < -0.3 is 5.73 Å². The van der Waals surface area contributed by atoms with Crippen molar-refractivity contribution in [3.8, 4) is 0 Å². The molecule has 18 heavy (non-hydrogen) atoms. The predicted octanol–water partition coefficient (Wildman–Crippen LogP) is 1.60. The van der Waals surface area contributed by atoms with Crippen molar-refractivity contribution < 1.29 is 0 Å². The summed E-state index contributed by atoms with van der Waals surface area (Å²) in [5, 5.41) is 0.720. The monoisotopic (exact) mass is 266 g/mol. The molecule has 0 amide bonds. The molecule has 0 aromatic carbocycles. The topological polar surface area (TPSA) is 45.4 Å². The lowest BCUT2D eigenvalue weighted by Gasteiger charge is -2.37. The van der Waals surface area contributed by atoms with Crippen LogP contribution in [0, 0.1) is 0 Å². The molecule has 1 atom stereocenters. The normalized spacial score (nSPS) is 25.3. The molecule has 0 aliphatic carbocycles. The molecule has 98 valence electrons. The fourth-order valence-corrected chi connectivity index (χ4v) is 3.19. The molecule has 1 aromatic rings. The van der Waals surface area contributed by atoms with Crippen molar-refractivity contribution in [2.24, 2.45) is 0 Å². The second-order valence-electron chi connectivity index (χ2n) is 5.23. The quantitative estimate of drug-likeness (QED) is 0.883. The Kier molecular flexibility index (Phi) is 3.41. The number of hydrogen-bond acceptors (Lipinski definition) is 4. The summed E-state index contributed by atoms with van der Waals surface area (Å²) >= 11 is 6.17. The van der Waals surface area contributed by atoms with E-state index in [4.69, 9.17) is 17.3 Å². The molecule has 1 unspecified atom stereocenters. The molecule has 1 aromatic heterocycles. The smallest absolute Gasteiger partial charge is 0.123 e. The highest BCUT2D eigenvalue weighted by molar-refractivity contribution is 6.31. The van der Waals surface area contributed by atoms with E-state index in [1.54, 1.807) is 6.07 Å². The second-order valence-corrected chi connectivity index (χ2v) is 5.64. The highest BCUT2D eigenvalue weighted by atomic mass is 35.5. The summed E-state index contributed by atoms with van der Waals surface area (Å²) in [5.41, 5.74) is 6.63. The Hall–Kier alpha value is -0.840. The van der Waals surface area contributed by atoms with E-state index in [-0.39, 0.29) is 0 Å². The van der Waals surface area contributed by atoms with Crippen LogP contribution in [0.3, 0.4) is 0 Å². The fourth-order valence-electron chi connectivity index (χ4n) is 3.02. The van der Waals surface area contributed by atoms with Crippen molar-refractivity contribution in [2.45, 2.75) is 25.4 Å². The van der Waals surface area contributed by atoms with Crippen LogP contribution in [0.25, 0.3) is 0 Å². The molecule has 0 spiro atoms. The second kappa shape index (κ2) is 5.03. The number of hydrogen-bond donors (Lipinski definition) is 1. The van der Waals surface area contributed by atoms with Crippen LogP contribution >= 0.6 is 11.6 Å². The lowest BCUT2D eigenvalue weighted by molar-refractivity contribution is 0.0985. The molecule has 4 nitrogen and oxygen atoms in total. The molecule has 2 fully saturated rings. The van der Waals surface area contributed by atoms with Crippen molar-refractivity contribution >= 4 is 17.4 Å². The van der Waals surface area contributed by atoms with Crippen LogP contribution in [0.5, 0.6) is 0 Å². The highest BCUT2D eigenvalue weighted by Gasteiger charge is 2.30. The molecular weight excluding hydrogens is 248 g/mol. The van der Waals surface area contributed by atoms with E-state index < -0.39 is 0 Å². The van der Waals surface area contributed by atoms with Gasteiger partial charge in [-0.1, -0.05) is 11.6 Å². The van der Waals surface area contributed by atoms with Gasteiger partial charge in [0.25, 0.3) is 0 Å². The van der Waals surface area contributed by atoms with Gasteiger partial charge in [0.1, 0.15) is 5.82 Å². The third kappa shape index (κ3) is 2.46. The standard InChI is InChI=1S/C13H19ClN4/c14-11-3-4-13(15)16-12(11)9-17-6-7-18-5-1-2-10(18)8-17/h3-4,10H,1-2,5-9H2,(H2,15,16). The first kappa shape index (κ1) is 12.2. The predicted molar refractivity (Wildman–Crippen MR) is 73.5 cm³/mol. The van der Waals surface area contributed by atoms with E-state index in [0.29, 0.717) is 5.82 Å². The van der Waals surface area contributed by atoms with Gasteiger partial charge in [0.05, 0.1) is 10.7 Å². The van der Waals surface area contributed by atoms with E-state index in [2.05, 4.69) is 14.8 Å². The van der Waals surface area contributed by atoms with Gasteiger partial charge in [0.15, 0.2) is 0 Å². The number of pyridine rings is 1. The number of anilines is 1. The van der Waals surface area contributed by atoms with Crippen LogP contribution in [0.15, 0.2) is 12.1 Å². The van der Waals surface area contributed by atoms with Gasteiger partial charge in [-0.15, -0.1) is 0 Å². The molecule has 3 rings (SSSR count). The summed E-state index contributed by atoms with van der Waals surface area (Å²) in [5.74, 6) is 0.550. The van der Waals surface area contributed by atoms with Crippen LogP contribution in [0.2, 0.25) is 5.02 Å². The van der Waals surface area contributed by atoms with E-state index in [1.165, 1.54) is 25.9 Å². The van der Waals surface area contributed by atoms with Crippen LogP contribution in [0.1, 0.15) is 18.5 Å². The van der Waals surface area contributed by atoms with Crippen molar-refractivity contribution in [3.63, 3.8) is 0 Å². The van der Waals surface area contributed by atoms with Crippen molar-refractivity contribution in [1.29, 1.82) is 0 Å². The molecule has 2 aliphatic rings. The van der Waals surface area contributed by atoms with Gasteiger partial charge in [0.2, 0.25) is 0 Å². The lowest BCUT2D eigenvalue weighted by Crippen LogP contribution is -2.49. The fraction of sp³-hybridized carbons (Fsp3) is 0.615. The first-order valence-electron chi connectivity index (χ1n) is 6.59. The van der Waals surface area contributed by atoms with Gasteiger partial charge in [-0.3, -0.25) is 9.80 Å². The first-order chi connectivity index (χ1) is 8.72. The van der Waals surface area contributed by atoms with Crippen LogP contribution in [0.4, 0.5) is 5.82 Å². The molecule has 2 N–H and O–H groups in total. The number of aromatic nitrogens is 1. The van der Waals surface area contributed by atoms with Crippen molar-refractivity contribution in [1.82, 2.24) is 14.8 Å². The lowest BCUT2D eigenvalue weighted by atomic mass is 10.1. The summed E-state index contributed by atoms with van der Waals surface area (Å²) in [6.45, 7) is 5.49. The SMILES string of the molecule is Nc1ccc(Cl)c(CN2CCN3CCCC3C2)n1. The molecule has 0 radical (unpaired) electrons. The number of rotatable bonds is 2. The number of nitrogens with zero attached hydrogens (tertiary/aromatic N) is 3. The van der Waals surface area contributed by atoms with Gasteiger partial charge in [-0.05, 0) is 31.5 Å². The van der Waals surface area contributed by atoms with Gasteiger partial charge >= 0.3 is 0 Å². The van der Waals surface area contributed by atoms with E-state index in [9.17, 15) is 0 Å². The molecule has 3 heterocycles. The third-order valence-corrected chi connectivity index (χ3v) is 4.33. The van der Waals surface area contributed by atoms with Crippen molar-refractivity contribution in [2.75, 3.05) is 31.9 Å². The summed E-state index contributed by atoms with van der Waals surface area (Å²) in [7, 11) is 0.